The summed E-state index contributed by atoms with van der Waals surface area (Å²) in [6.07, 6.45) is 1.58. The predicted molar refractivity (Wildman–Crippen MR) is 101 cm³/mol. The van der Waals surface area contributed by atoms with Crippen molar-refractivity contribution in [2.45, 2.75) is 6.92 Å². The van der Waals surface area contributed by atoms with E-state index in [-0.39, 0.29) is 28.1 Å². The smallest absolute Gasteiger partial charge is 0.280 e. The first-order valence-electron chi connectivity index (χ1n) is 7.74. The van der Waals surface area contributed by atoms with Gasteiger partial charge in [0.05, 0.1) is 34.0 Å². The van der Waals surface area contributed by atoms with Gasteiger partial charge in [-0.3, -0.25) is 14.9 Å². The van der Waals surface area contributed by atoms with Gasteiger partial charge in [0, 0.05) is 12.1 Å². The first kappa shape index (κ1) is 18.4. The summed E-state index contributed by atoms with van der Waals surface area (Å²) in [7, 11) is 1.39. The highest BCUT2D eigenvalue weighted by Crippen LogP contribution is 2.36. The van der Waals surface area contributed by atoms with E-state index in [4.69, 9.17) is 16.3 Å². The van der Waals surface area contributed by atoms with Crippen molar-refractivity contribution in [2.24, 2.45) is 5.10 Å². The topological polar surface area (TPSA) is 105 Å². The number of nitro benzene ring substituents is 1. The highest BCUT2D eigenvalue weighted by molar-refractivity contribution is 6.33. The van der Waals surface area contributed by atoms with Crippen LogP contribution in [-0.2, 0) is 4.79 Å². The second-order valence-electron chi connectivity index (χ2n) is 5.69. The quantitative estimate of drug-likeness (QED) is 0.488. The van der Waals surface area contributed by atoms with Crippen molar-refractivity contribution in [3.63, 3.8) is 0 Å². The number of anilines is 1. The summed E-state index contributed by atoms with van der Waals surface area (Å²) in [5.74, 6) is -0.386. The number of hydrogen-bond acceptors (Lipinski definition) is 6. The fourth-order valence-electron chi connectivity index (χ4n) is 2.57. The van der Waals surface area contributed by atoms with E-state index >= 15 is 0 Å². The molecule has 0 radical (unpaired) electrons. The monoisotopic (exact) mass is 387 g/mol. The number of phenols is 1. The predicted octanol–water partition coefficient (Wildman–Crippen LogP) is 3.77. The van der Waals surface area contributed by atoms with E-state index in [2.05, 4.69) is 5.10 Å². The van der Waals surface area contributed by atoms with Crippen molar-refractivity contribution >= 4 is 40.7 Å². The molecule has 0 bridgehead atoms. The van der Waals surface area contributed by atoms with Crippen LogP contribution in [0.15, 0.2) is 47.1 Å². The Balaban J connectivity index is 1.94. The van der Waals surface area contributed by atoms with Crippen LogP contribution < -0.4 is 9.75 Å². The van der Waals surface area contributed by atoms with Crippen LogP contribution in [-0.4, -0.2) is 28.8 Å². The summed E-state index contributed by atoms with van der Waals surface area (Å²) in [6, 6.07) is 8.57. The summed E-state index contributed by atoms with van der Waals surface area (Å²) in [5.41, 5.74) is 1.69. The minimum atomic E-state index is -0.516. The number of aromatic hydroxyl groups is 1. The lowest BCUT2D eigenvalue weighted by Gasteiger charge is -2.11. The number of nitrogens with zero attached hydrogens (tertiary/aromatic N) is 3. The molecule has 0 saturated heterocycles. The van der Waals surface area contributed by atoms with Gasteiger partial charge in [-0.25, -0.2) is 0 Å². The summed E-state index contributed by atoms with van der Waals surface area (Å²) in [5, 5.41) is 26.1. The van der Waals surface area contributed by atoms with Crippen LogP contribution >= 0.6 is 11.6 Å². The van der Waals surface area contributed by atoms with E-state index in [9.17, 15) is 20.0 Å². The lowest BCUT2D eigenvalue weighted by atomic mass is 10.1. The third kappa shape index (κ3) is 3.47. The molecule has 3 rings (SSSR count). The molecule has 1 heterocycles. The van der Waals surface area contributed by atoms with Gasteiger partial charge in [0.15, 0.2) is 11.5 Å². The molecule has 1 amide bonds. The Morgan fingerprint density at radius 3 is 2.56 bits per heavy atom. The first-order chi connectivity index (χ1) is 12.8. The van der Waals surface area contributed by atoms with Crippen LogP contribution in [0.4, 0.5) is 11.4 Å². The van der Waals surface area contributed by atoms with Crippen molar-refractivity contribution in [1.29, 1.82) is 0 Å². The molecule has 0 atom stereocenters. The maximum absolute atomic E-state index is 12.7. The van der Waals surface area contributed by atoms with E-state index in [1.54, 1.807) is 19.1 Å². The molecular weight excluding hydrogens is 374 g/mol. The molecule has 0 fully saturated rings. The molecule has 1 aliphatic rings. The number of carbonyl (C=O) groups excluding carboxylic acids is 1. The Morgan fingerprint density at radius 1 is 1.30 bits per heavy atom. The van der Waals surface area contributed by atoms with Gasteiger partial charge in [-0.2, -0.15) is 10.1 Å². The minimum absolute atomic E-state index is 0.0762. The fraction of sp³-hybridized carbons (Fsp3) is 0.111. The van der Waals surface area contributed by atoms with E-state index in [1.807, 2.05) is 0 Å². The molecule has 2 aromatic rings. The Kier molecular flexibility index (Phi) is 4.83. The Hall–Kier alpha value is -3.39. The molecule has 0 unspecified atom stereocenters. The van der Waals surface area contributed by atoms with Gasteiger partial charge in [0.2, 0.25) is 0 Å². The van der Waals surface area contributed by atoms with Gasteiger partial charge < -0.3 is 9.84 Å². The van der Waals surface area contributed by atoms with Crippen molar-refractivity contribution in [1.82, 2.24) is 0 Å². The van der Waals surface area contributed by atoms with Gasteiger partial charge >= 0.3 is 0 Å². The molecule has 1 N–H and O–H groups in total. The zero-order valence-electron chi connectivity index (χ0n) is 14.3. The van der Waals surface area contributed by atoms with Gasteiger partial charge in [0.1, 0.15) is 0 Å². The molecular formula is C18H14ClN3O5. The van der Waals surface area contributed by atoms with Gasteiger partial charge in [-0.1, -0.05) is 11.6 Å². The number of rotatable bonds is 4. The molecule has 0 aromatic heterocycles. The third-order valence-electron chi connectivity index (χ3n) is 3.95. The van der Waals surface area contributed by atoms with Gasteiger partial charge in [-0.05, 0) is 42.8 Å². The molecule has 8 nitrogen and oxygen atoms in total. The largest absolute Gasteiger partial charge is 0.503 e. The van der Waals surface area contributed by atoms with Gasteiger partial charge in [0.25, 0.3) is 11.6 Å². The zero-order chi connectivity index (χ0) is 19.7. The number of hydrazone groups is 1. The number of benzene rings is 2. The molecule has 138 valence electrons. The SMILES string of the molecule is COc1cc(C=C2C(=O)N(c3ccc([N+](=O)[O-])cc3)N=C2C)cc(Cl)c1O. The van der Waals surface area contributed by atoms with Crippen molar-refractivity contribution in [2.75, 3.05) is 12.1 Å². The molecule has 0 aliphatic carbocycles. The number of ether oxygens (including phenoxy) is 1. The molecule has 0 spiro atoms. The van der Waals surface area contributed by atoms with E-state index in [0.29, 0.717) is 22.5 Å². The van der Waals surface area contributed by atoms with Crippen molar-refractivity contribution in [3.8, 4) is 11.5 Å². The average Bonchev–Trinajstić information content (AvgIpc) is 2.92. The maximum atomic E-state index is 12.7. The molecule has 27 heavy (non-hydrogen) atoms. The Morgan fingerprint density at radius 2 is 1.96 bits per heavy atom. The summed E-state index contributed by atoms with van der Waals surface area (Å²) in [6.45, 7) is 1.67. The number of phenolic OH excluding ortho intramolecular Hbond substituents is 1. The average molecular weight is 388 g/mol. The third-order valence-corrected chi connectivity index (χ3v) is 4.24. The molecule has 9 heteroatoms. The highest BCUT2D eigenvalue weighted by Gasteiger charge is 2.29. The number of hydrogen-bond donors (Lipinski definition) is 1. The number of halogens is 1. The normalized spacial score (nSPS) is 15.2. The Labute approximate surface area is 159 Å². The molecule has 0 saturated carbocycles. The second kappa shape index (κ2) is 7.08. The van der Waals surface area contributed by atoms with Crippen LogP contribution in [0.5, 0.6) is 11.5 Å². The number of non-ortho nitro benzene ring substituents is 1. The summed E-state index contributed by atoms with van der Waals surface area (Å²) in [4.78, 5) is 23.0. The van der Waals surface area contributed by atoms with Crippen LogP contribution in [0.25, 0.3) is 6.08 Å². The van der Waals surface area contributed by atoms with Crippen molar-refractivity contribution in [3.05, 3.63) is 62.7 Å². The number of carbonyl (C=O) groups is 1. The number of amides is 1. The van der Waals surface area contributed by atoms with E-state index in [0.717, 1.165) is 0 Å². The van der Waals surface area contributed by atoms with Crippen LogP contribution in [0, 0.1) is 10.1 Å². The molecule has 2 aromatic carbocycles. The number of methoxy groups -OCH3 is 1. The number of nitro groups is 1. The van der Waals surface area contributed by atoms with Crippen molar-refractivity contribution < 1.29 is 19.6 Å². The van der Waals surface area contributed by atoms with Gasteiger partial charge in [-0.15, -0.1) is 0 Å². The Bertz CT molecular complexity index is 999. The standard InChI is InChI=1S/C18H14ClN3O5/c1-10-14(7-11-8-15(19)17(23)16(9-11)27-2)18(24)21(20-10)12-3-5-13(6-4-12)22(25)26/h3-9,23H,1-2H3. The summed E-state index contributed by atoms with van der Waals surface area (Å²) < 4.78 is 5.06. The van der Waals surface area contributed by atoms with Crippen LogP contribution in [0.3, 0.4) is 0 Å². The maximum Gasteiger partial charge on any atom is 0.280 e. The highest BCUT2D eigenvalue weighted by atomic mass is 35.5. The minimum Gasteiger partial charge on any atom is -0.503 e. The van der Waals surface area contributed by atoms with E-state index in [1.165, 1.54) is 42.5 Å². The van der Waals surface area contributed by atoms with E-state index < -0.39 is 4.92 Å². The lowest BCUT2D eigenvalue weighted by molar-refractivity contribution is -0.384. The second-order valence-corrected chi connectivity index (χ2v) is 6.09. The fourth-order valence-corrected chi connectivity index (χ4v) is 2.79. The zero-order valence-corrected chi connectivity index (χ0v) is 15.1. The summed E-state index contributed by atoms with van der Waals surface area (Å²) >= 11 is 5.98. The molecule has 1 aliphatic heterocycles. The van der Waals surface area contributed by atoms with Crippen LogP contribution in [0.1, 0.15) is 12.5 Å². The first-order valence-corrected chi connectivity index (χ1v) is 8.12. The van der Waals surface area contributed by atoms with Crippen LogP contribution in [0.2, 0.25) is 5.02 Å². The lowest BCUT2D eigenvalue weighted by Crippen LogP contribution is -2.21.